The molecular formula is C30H40F3N3O2S. The van der Waals surface area contributed by atoms with Gasteiger partial charge in [-0.25, -0.2) is 4.79 Å². The van der Waals surface area contributed by atoms with Crippen LogP contribution in [0.25, 0.3) is 0 Å². The number of fused-ring (bicyclic) bond motifs is 2. The molecule has 9 heteroatoms. The number of nitrogens with zero attached hydrogens (tertiary/aromatic N) is 3. The maximum atomic E-state index is 13.5. The molecule has 4 rings (SSSR count). The number of benzene rings is 2. The number of para-hydroxylation sites is 1. The highest BCUT2D eigenvalue weighted by atomic mass is 32.2. The molecular weight excluding hydrogens is 523 g/mol. The fraction of sp³-hybridized carbons (Fsp3) is 0.567. The largest absolute Gasteiger partial charge is 0.444 e. The number of rotatable bonds is 8. The minimum Gasteiger partial charge on any atom is -0.444 e. The SMILES string of the molecule is CN(CCCN1CCC(CCCN2c3ccccc3Sc3ccc(C(F)(F)F)cc32)CC1)C(=O)OC(C)(C)C. The molecule has 0 bridgehead atoms. The summed E-state index contributed by atoms with van der Waals surface area (Å²) >= 11 is 1.54. The predicted molar refractivity (Wildman–Crippen MR) is 151 cm³/mol. The Morgan fingerprint density at radius 3 is 2.38 bits per heavy atom. The average Bonchev–Trinajstić information content (AvgIpc) is 2.87. The monoisotopic (exact) mass is 563 g/mol. The molecule has 0 radical (unpaired) electrons. The normalized spacial score (nSPS) is 16.5. The molecule has 2 aliphatic rings. The van der Waals surface area contributed by atoms with Crippen LogP contribution in [0.15, 0.2) is 52.3 Å². The summed E-state index contributed by atoms with van der Waals surface area (Å²) in [4.78, 5) is 20.3. The van der Waals surface area contributed by atoms with Crippen LogP contribution in [0.2, 0.25) is 0 Å². The van der Waals surface area contributed by atoms with E-state index in [9.17, 15) is 18.0 Å². The van der Waals surface area contributed by atoms with Crippen LogP contribution in [0.5, 0.6) is 0 Å². The fourth-order valence-corrected chi connectivity index (χ4v) is 6.32. The number of carbonyl (C=O) groups excluding carboxylic acids is 1. The Balaban J connectivity index is 1.25. The highest BCUT2D eigenvalue weighted by Crippen LogP contribution is 2.49. The number of hydrogen-bond acceptors (Lipinski definition) is 5. The van der Waals surface area contributed by atoms with Gasteiger partial charge < -0.3 is 19.4 Å². The van der Waals surface area contributed by atoms with Crippen LogP contribution in [0.3, 0.4) is 0 Å². The molecule has 0 unspecified atom stereocenters. The highest BCUT2D eigenvalue weighted by molar-refractivity contribution is 7.99. The van der Waals surface area contributed by atoms with Gasteiger partial charge in [0.05, 0.1) is 16.9 Å². The third-order valence-corrected chi connectivity index (χ3v) is 8.46. The standard InChI is InChI=1S/C30H40F3N3O2S/c1-29(2,3)38-28(37)34(4)16-8-17-35-19-14-22(15-20-35)9-7-18-36-24-10-5-6-11-26(24)39-27-13-12-23(21-25(27)36)30(31,32)33/h5-6,10-13,21-22H,7-9,14-20H2,1-4H3. The average molecular weight is 564 g/mol. The number of ether oxygens (including phenoxy) is 1. The molecule has 39 heavy (non-hydrogen) atoms. The number of likely N-dealkylation sites (tertiary alicyclic amines) is 1. The molecule has 2 heterocycles. The summed E-state index contributed by atoms with van der Waals surface area (Å²) in [5.74, 6) is 0.626. The summed E-state index contributed by atoms with van der Waals surface area (Å²) in [6.07, 6.45) is 0.517. The van der Waals surface area contributed by atoms with Gasteiger partial charge in [0.25, 0.3) is 0 Å². The molecule has 0 aromatic heterocycles. The number of alkyl halides is 3. The van der Waals surface area contributed by atoms with Gasteiger partial charge in [0.15, 0.2) is 0 Å². The zero-order valence-electron chi connectivity index (χ0n) is 23.4. The topological polar surface area (TPSA) is 36.0 Å². The lowest BCUT2D eigenvalue weighted by atomic mass is 9.92. The van der Waals surface area contributed by atoms with Crippen LogP contribution in [0, 0.1) is 5.92 Å². The molecule has 1 fully saturated rings. The quantitative estimate of drug-likeness (QED) is 0.325. The third kappa shape index (κ3) is 8.07. The molecule has 5 nitrogen and oxygen atoms in total. The smallest absolute Gasteiger partial charge is 0.416 e. The van der Waals surface area contributed by atoms with Crippen LogP contribution in [0.1, 0.15) is 58.4 Å². The zero-order chi connectivity index (χ0) is 28.2. The Bertz CT molecular complexity index is 1130. The van der Waals surface area contributed by atoms with E-state index in [2.05, 4.69) is 9.80 Å². The van der Waals surface area contributed by atoms with Gasteiger partial charge in [0.2, 0.25) is 0 Å². The molecule has 2 aromatic carbocycles. The summed E-state index contributed by atoms with van der Waals surface area (Å²) in [7, 11) is 1.78. The lowest BCUT2D eigenvalue weighted by molar-refractivity contribution is -0.137. The van der Waals surface area contributed by atoms with E-state index in [1.54, 1.807) is 18.0 Å². The second-order valence-electron chi connectivity index (χ2n) is 11.6. The summed E-state index contributed by atoms with van der Waals surface area (Å²) in [5.41, 5.74) is 0.551. The van der Waals surface area contributed by atoms with Gasteiger partial charge in [-0.3, -0.25) is 0 Å². The number of piperidine rings is 1. The summed E-state index contributed by atoms with van der Waals surface area (Å²) < 4.78 is 45.8. The Kier molecular flexibility index (Phi) is 9.42. The van der Waals surface area contributed by atoms with E-state index in [1.807, 2.05) is 45.0 Å². The van der Waals surface area contributed by atoms with E-state index in [-0.39, 0.29) is 6.09 Å². The maximum absolute atomic E-state index is 13.5. The number of anilines is 2. The van der Waals surface area contributed by atoms with Crippen LogP contribution in [0.4, 0.5) is 29.3 Å². The van der Waals surface area contributed by atoms with Gasteiger partial charge in [0.1, 0.15) is 5.60 Å². The Labute approximate surface area is 234 Å². The molecule has 0 spiro atoms. The maximum Gasteiger partial charge on any atom is 0.416 e. The van der Waals surface area contributed by atoms with Crippen LogP contribution < -0.4 is 4.90 Å². The first-order valence-electron chi connectivity index (χ1n) is 13.8. The van der Waals surface area contributed by atoms with Crippen molar-refractivity contribution in [3.05, 3.63) is 48.0 Å². The van der Waals surface area contributed by atoms with Gasteiger partial charge in [-0.15, -0.1) is 0 Å². The van der Waals surface area contributed by atoms with Gasteiger partial charge in [0, 0.05) is 29.9 Å². The summed E-state index contributed by atoms with van der Waals surface area (Å²) in [6.45, 7) is 10.0. The first-order chi connectivity index (χ1) is 18.4. The van der Waals surface area contributed by atoms with Crippen LogP contribution in [-0.2, 0) is 10.9 Å². The second kappa shape index (κ2) is 12.4. The van der Waals surface area contributed by atoms with E-state index < -0.39 is 17.3 Å². The Morgan fingerprint density at radius 1 is 1.00 bits per heavy atom. The lowest BCUT2D eigenvalue weighted by Crippen LogP contribution is -2.38. The highest BCUT2D eigenvalue weighted by Gasteiger charge is 2.33. The van der Waals surface area contributed by atoms with Crippen molar-refractivity contribution in [2.24, 2.45) is 5.92 Å². The van der Waals surface area contributed by atoms with Crippen molar-refractivity contribution in [1.82, 2.24) is 9.80 Å². The number of amides is 1. The molecule has 0 aliphatic carbocycles. The van der Waals surface area contributed by atoms with Crippen molar-refractivity contribution in [1.29, 1.82) is 0 Å². The summed E-state index contributed by atoms with van der Waals surface area (Å²) in [6, 6.07) is 12.1. The van der Waals surface area contributed by atoms with Crippen molar-refractivity contribution in [2.45, 2.75) is 74.4 Å². The van der Waals surface area contributed by atoms with Crippen LogP contribution >= 0.6 is 11.8 Å². The van der Waals surface area contributed by atoms with Crippen molar-refractivity contribution in [2.75, 3.05) is 44.7 Å². The number of halogens is 3. The molecule has 1 amide bonds. The molecule has 0 saturated carbocycles. The van der Waals surface area contributed by atoms with Gasteiger partial charge in [-0.2, -0.15) is 13.2 Å². The molecule has 0 N–H and O–H groups in total. The number of carbonyl (C=O) groups is 1. The van der Waals surface area contributed by atoms with Crippen molar-refractivity contribution < 1.29 is 22.7 Å². The fourth-order valence-electron chi connectivity index (χ4n) is 5.25. The number of hydrogen-bond donors (Lipinski definition) is 0. The molecule has 1 saturated heterocycles. The lowest BCUT2D eigenvalue weighted by Gasteiger charge is -2.35. The van der Waals surface area contributed by atoms with E-state index in [0.29, 0.717) is 24.7 Å². The molecule has 214 valence electrons. The van der Waals surface area contributed by atoms with Crippen LogP contribution in [-0.4, -0.2) is 61.3 Å². The van der Waals surface area contributed by atoms with Crippen molar-refractivity contribution in [3.63, 3.8) is 0 Å². The molecule has 0 atom stereocenters. The van der Waals surface area contributed by atoms with Gasteiger partial charge in [-0.1, -0.05) is 23.9 Å². The van der Waals surface area contributed by atoms with Crippen molar-refractivity contribution >= 4 is 29.2 Å². The first kappa shape index (κ1) is 29.6. The Morgan fingerprint density at radius 2 is 1.69 bits per heavy atom. The third-order valence-electron chi connectivity index (χ3n) is 7.33. The van der Waals surface area contributed by atoms with E-state index >= 15 is 0 Å². The summed E-state index contributed by atoms with van der Waals surface area (Å²) in [5, 5.41) is 0. The minimum absolute atomic E-state index is 0.284. The molecule has 2 aliphatic heterocycles. The van der Waals surface area contributed by atoms with E-state index in [4.69, 9.17) is 4.74 Å². The minimum atomic E-state index is -4.36. The van der Waals surface area contributed by atoms with Gasteiger partial charge in [-0.05, 0) is 109 Å². The van der Waals surface area contributed by atoms with Crippen molar-refractivity contribution in [3.8, 4) is 0 Å². The van der Waals surface area contributed by atoms with E-state index in [0.717, 1.165) is 67.2 Å². The molecule has 2 aromatic rings. The predicted octanol–water partition coefficient (Wildman–Crippen LogP) is 8.06. The Hall–Kier alpha value is -2.39. The zero-order valence-corrected chi connectivity index (χ0v) is 24.2. The second-order valence-corrected chi connectivity index (χ2v) is 12.7. The first-order valence-corrected chi connectivity index (χ1v) is 14.6. The van der Waals surface area contributed by atoms with Gasteiger partial charge >= 0.3 is 12.3 Å². The van der Waals surface area contributed by atoms with E-state index in [1.165, 1.54) is 23.9 Å².